The molecule has 1 aromatic carbocycles. The van der Waals surface area contributed by atoms with Crippen LogP contribution in [0.15, 0.2) is 18.2 Å². The highest BCUT2D eigenvalue weighted by atomic mass is 16.5. The van der Waals surface area contributed by atoms with Gasteiger partial charge in [0.25, 0.3) is 0 Å². The molecular weight excluding hydrogens is 234 g/mol. The number of rotatable bonds is 2. The number of nitrogens with two attached hydrogens (primary N) is 1. The largest absolute Gasteiger partial charge is 0.465 e. The summed E-state index contributed by atoms with van der Waals surface area (Å²) >= 11 is 0. The Hall–Kier alpha value is -2.48. The zero-order chi connectivity index (χ0) is 13.5. The number of carbonyl (C=O) groups excluding carboxylic acids is 2. The average molecular weight is 247 g/mol. The molecule has 1 aromatic rings. The third-order valence-electron chi connectivity index (χ3n) is 2.05. The minimum Gasteiger partial charge on any atom is -0.465 e. The number of ether oxygens (including phenoxy) is 2. The number of hydrogen-bond acceptors (Lipinski definition) is 5. The Morgan fingerprint density at radius 3 is 2.72 bits per heavy atom. The van der Waals surface area contributed by atoms with E-state index in [1.165, 1.54) is 25.3 Å². The summed E-state index contributed by atoms with van der Waals surface area (Å²) in [7, 11) is 1.28. The second kappa shape index (κ2) is 6.30. The van der Waals surface area contributed by atoms with E-state index in [0.29, 0.717) is 16.8 Å². The molecule has 1 rings (SSSR count). The molecule has 0 amide bonds. The number of carbonyl (C=O) groups is 2. The minimum absolute atomic E-state index is 0.255. The normalized spacial score (nSPS) is 9.00. The van der Waals surface area contributed by atoms with Gasteiger partial charge in [-0.3, -0.25) is 0 Å². The summed E-state index contributed by atoms with van der Waals surface area (Å²) in [6.45, 7) is 1.94. The van der Waals surface area contributed by atoms with Crippen LogP contribution in [-0.4, -0.2) is 25.7 Å². The number of esters is 2. The van der Waals surface area contributed by atoms with Crippen molar-refractivity contribution in [1.82, 2.24) is 0 Å². The van der Waals surface area contributed by atoms with E-state index in [1.54, 1.807) is 6.92 Å². The van der Waals surface area contributed by atoms with Gasteiger partial charge in [0.1, 0.15) is 0 Å². The maximum Gasteiger partial charge on any atom is 0.384 e. The van der Waals surface area contributed by atoms with Crippen molar-refractivity contribution in [1.29, 1.82) is 0 Å². The predicted molar refractivity (Wildman–Crippen MR) is 65.7 cm³/mol. The number of nitrogen functional groups attached to an aromatic ring is 1. The third-order valence-corrected chi connectivity index (χ3v) is 2.05. The van der Waals surface area contributed by atoms with Crippen LogP contribution in [0.5, 0.6) is 0 Å². The lowest BCUT2D eigenvalue weighted by Crippen LogP contribution is -2.03. The molecule has 18 heavy (non-hydrogen) atoms. The van der Waals surface area contributed by atoms with Crippen LogP contribution in [0.25, 0.3) is 0 Å². The minimum atomic E-state index is -0.639. The molecule has 0 spiro atoms. The standard InChI is InChI=1S/C13H13NO4/c1-3-18-12(15)7-5-9-8-10(13(16)17-2)4-6-11(9)14/h4,6,8H,3,14H2,1-2H3. The van der Waals surface area contributed by atoms with Gasteiger partial charge in [-0.1, -0.05) is 5.92 Å². The summed E-state index contributed by atoms with van der Waals surface area (Å²) < 4.78 is 9.23. The van der Waals surface area contributed by atoms with E-state index in [-0.39, 0.29) is 6.61 Å². The Morgan fingerprint density at radius 2 is 2.11 bits per heavy atom. The first-order chi connectivity index (χ1) is 8.58. The van der Waals surface area contributed by atoms with Gasteiger partial charge in [0.05, 0.1) is 19.3 Å². The lowest BCUT2D eigenvalue weighted by Gasteiger charge is -2.02. The van der Waals surface area contributed by atoms with Crippen LogP contribution in [0.2, 0.25) is 0 Å². The molecule has 94 valence electrons. The van der Waals surface area contributed by atoms with Crippen molar-refractivity contribution in [2.24, 2.45) is 0 Å². The Kier molecular flexibility index (Phi) is 4.76. The Bertz CT molecular complexity index is 526. The molecular formula is C13H13NO4. The smallest absolute Gasteiger partial charge is 0.384 e. The van der Waals surface area contributed by atoms with Crippen molar-refractivity contribution in [2.45, 2.75) is 6.92 Å². The van der Waals surface area contributed by atoms with Gasteiger partial charge >= 0.3 is 11.9 Å². The fraction of sp³-hybridized carbons (Fsp3) is 0.231. The number of hydrogen-bond donors (Lipinski definition) is 1. The predicted octanol–water partition coefficient (Wildman–Crippen LogP) is 0.970. The zero-order valence-electron chi connectivity index (χ0n) is 10.1. The second-order valence-electron chi connectivity index (χ2n) is 3.26. The molecule has 0 atom stereocenters. The van der Waals surface area contributed by atoms with Crippen molar-refractivity contribution in [3.63, 3.8) is 0 Å². The van der Waals surface area contributed by atoms with E-state index in [2.05, 4.69) is 21.3 Å². The highest BCUT2D eigenvalue weighted by molar-refractivity contribution is 5.92. The maximum absolute atomic E-state index is 11.3. The van der Waals surface area contributed by atoms with Crippen molar-refractivity contribution in [3.05, 3.63) is 29.3 Å². The molecule has 0 aliphatic heterocycles. The van der Waals surface area contributed by atoms with Crippen LogP contribution in [-0.2, 0) is 14.3 Å². The summed E-state index contributed by atoms with van der Waals surface area (Å²) in [6, 6.07) is 4.52. The molecule has 5 heteroatoms. The molecule has 0 unspecified atom stereocenters. The van der Waals surface area contributed by atoms with Crippen LogP contribution >= 0.6 is 0 Å². The Labute approximate surface area is 105 Å². The van der Waals surface area contributed by atoms with Crippen molar-refractivity contribution in [2.75, 3.05) is 19.5 Å². The zero-order valence-corrected chi connectivity index (χ0v) is 10.1. The lowest BCUT2D eigenvalue weighted by molar-refractivity contribution is -0.136. The second-order valence-corrected chi connectivity index (χ2v) is 3.26. The molecule has 2 N–H and O–H groups in total. The van der Waals surface area contributed by atoms with Gasteiger partial charge < -0.3 is 15.2 Å². The number of benzene rings is 1. The summed E-state index contributed by atoms with van der Waals surface area (Å²) in [4.78, 5) is 22.4. The molecule has 0 bridgehead atoms. The van der Waals surface area contributed by atoms with Crippen molar-refractivity contribution < 1.29 is 19.1 Å². The van der Waals surface area contributed by atoms with E-state index in [1.807, 2.05) is 0 Å². The number of methoxy groups -OCH3 is 1. The molecule has 5 nitrogen and oxygen atoms in total. The Balaban J connectivity index is 3.01. The van der Waals surface area contributed by atoms with Gasteiger partial charge in [-0.25, -0.2) is 9.59 Å². The van der Waals surface area contributed by atoms with Gasteiger partial charge in [-0.15, -0.1) is 0 Å². The first-order valence-corrected chi connectivity index (χ1v) is 5.25. The van der Waals surface area contributed by atoms with Gasteiger partial charge in [0.15, 0.2) is 0 Å². The summed E-state index contributed by atoms with van der Waals surface area (Å²) in [5, 5.41) is 0. The summed E-state index contributed by atoms with van der Waals surface area (Å²) in [6.07, 6.45) is 0. The molecule has 0 radical (unpaired) electrons. The topological polar surface area (TPSA) is 78.6 Å². The third kappa shape index (κ3) is 3.52. The molecule has 0 fully saturated rings. The van der Waals surface area contributed by atoms with Gasteiger partial charge in [0.2, 0.25) is 0 Å². The molecule has 0 heterocycles. The SMILES string of the molecule is CCOC(=O)C#Cc1cc(C(=O)OC)ccc1N. The fourth-order valence-electron chi connectivity index (χ4n) is 1.19. The van der Waals surface area contributed by atoms with E-state index in [0.717, 1.165) is 0 Å². The van der Waals surface area contributed by atoms with Crippen LogP contribution < -0.4 is 5.73 Å². The van der Waals surface area contributed by atoms with E-state index in [4.69, 9.17) is 5.73 Å². The van der Waals surface area contributed by atoms with Crippen molar-refractivity contribution >= 4 is 17.6 Å². The maximum atomic E-state index is 11.3. The van der Waals surface area contributed by atoms with Gasteiger partial charge in [-0.2, -0.15) is 0 Å². The summed E-state index contributed by atoms with van der Waals surface area (Å²) in [5.74, 6) is 3.71. The van der Waals surface area contributed by atoms with Gasteiger partial charge in [0, 0.05) is 17.2 Å². The molecule has 0 saturated carbocycles. The van der Waals surface area contributed by atoms with Crippen molar-refractivity contribution in [3.8, 4) is 11.8 Å². The highest BCUT2D eigenvalue weighted by Gasteiger charge is 2.07. The first kappa shape index (κ1) is 13.6. The lowest BCUT2D eigenvalue weighted by atomic mass is 10.1. The highest BCUT2D eigenvalue weighted by Crippen LogP contribution is 2.13. The van der Waals surface area contributed by atoms with E-state index < -0.39 is 11.9 Å². The quantitative estimate of drug-likeness (QED) is 0.478. The van der Waals surface area contributed by atoms with E-state index >= 15 is 0 Å². The monoisotopic (exact) mass is 247 g/mol. The number of anilines is 1. The first-order valence-electron chi connectivity index (χ1n) is 5.25. The van der Waals surface area contributed by atoms with Crippen LogP contribution in [0, 0.1) is 11.8 Å². The van der Waals surface area contributed by atoms with Crippen LogP contribution in [0.4, 0.5) is 5.69 Å². The van der Waals surface area contributed by atoms with E-state index in [9.17, 15) is 9.59 Å². The van der Waals surface area contributed by atoms with Gasteiger partial charge in [-0.05, 0) is 25.1 Å². The Morgan fingerprint density at radius 1 is 1.39 bits per heavy atom. The van der Waals surface area contributed by atoms with Crippen LogP contribution in [0.3, 0.4) is 0 Å². The fourth-order valence-corrected chi connectivity index (χ4v) is 1.19. The molecule has 0 aliphatic rings. The molecule has 0 aliphatic carbocycles. The molecule has 0 saturated heterocycles. The molecule has 0 aromatic heterocycles. The summed E-state index contributed by atoms with van der Waals surface area (Å²) in [5.41, 5.74) is 6.76. The average Bonchev–Trinajstić information content (AvgIpc) is 2.37. The van der Waals surface area contributed by atoms with Crippen LogP contribution in [0.1, 0.15) is 22.8 Å².